The summed E-state index contributed by atoms with van der Waals surface area (Å²) in [4.78, 5) is 28.5. The van der Waals surface area contributed by atoms with Gasteiger partial charge in [0.2, 0.25) is 5.91 Å². The van der Waals surface area contributed by atoms with Crippen LogP contribution in [-0.4, -0.2) is 16.9 Å². The van der Waals surface area contributed by atoms with Crippen LogP contribution in [0.4, 0.5) is 21.3 Å². The van der Waals surface area contributed by atoms with Crippen molar-refractivity contribution in [2.75, 3.05) is 16.0 Å². The fraction of sp³-hybridized carbons (Fsp3) is 0.105. The van der Waals surface area contributed by atoms with Gasteiger partial charge in [0.15, 0.2) is 5.13 Å². The number of thiazole rings is 1. The number of anilines is 3. The van der Waals surface area contributed by atoms with Crippen LogP contribution in [0.5, 0.6) is 0 Å². The van der Waals surface area contributed by atoms with Crippen molar-refractivity contribution < 1.29 is 9.59 Å². The van der Waals surface area contributed by atoms with Crippen LogP contribution in [0.25, 0.3) is 0 Å². The van der Waals surface area contributed by atoms with E-state index in [9.17, 15) is 9.59 Å². The Balaban J connectivity index is 1.53. The van der Waals surface area contributed by atoms with Crippen molar-refractivity contribution >= 4 is 67.3 Å². The van der Waals surface area contributed by atoms with Crippen LogP contribution in [0.2, 0.25) is 5.02 Å². The van der Waals surface area contributed by atoms with E-state index in [2.05, 4.69) is 36.9 Å². The zero-order valence-electron chi connectivity index (χ0n) is 14.8. The van der Waals surface area contributed by atoms with Gasteiger partial charge in [0.05, 0.1) is 12.1 Å². The molecule has 0 spiro atoms. The first-order chi connectivity index (χ1) is 13.4. The molecule has 0 saturated carbocycles. The summed E-state index contributed by atoms with van der Waals surface area (Å²) in [6.07, 6.45) is 0.114. The Kier molecular flexibility index (Phi) is 6.66. The summed E-state index contributed by atoms with van der Waals surface area (Å²) in [7, 11) is 0. The predicted molar refractivity (Wildman–Crippen MR) is 117 cm³/mol. The van der Waals surface area contributed by atoms with Crippen LogP contribution >= 0.6 is 38.9 Å². The number of nitrogens with zero attached hydrogens (tertiary/aromatic N) is 1. The van der Waals surface area contributed by atoms with E-state index in [0.717, 1.165) is 15.7 Å². The number of urea groups is 1. The highest BCUT2D eigenvalue weighted by atomic mass is 79.9. The predicted octanol–water partition coefficient (Wildman–Crippen LogP) is 5.69. The molecule has 0 atom stereocenters. The summed E-state index contributed by atoms with van der Waals surface area (Å²) in [5, 5.41) is 10.8. The van der Waals surface area contributed by atoms with Crippen molar-refractivity contribution in [2.45, 2.75) is 13.3 Å². The Morgan fingerprint density at radius 3 is 2.64 bits per heavy atom. The lowest BCUT2D eigenvalue weighted by Crippen LogP contribution is -2.19. The molecule has 0 saturated heterocycles. The third-order valence-corrected chi connectivity index (χ3v) is 5.57. The average Bonchev–Trinajstić information content (AvgIpc) is 3.04. The van der Waals surface area contributed by atoms with E-state index >= 15 is 0 Å². The van der Waals surface area contributed by atoms with Crippen LogP contribution in [-0.2, 0) is 11.2 Å². The maximum Gasteiger partial charge on any atom is 0.325 e. The smallest absolute Gasteiger partial charge is 0.325 e. The molecule has 1 aromatic heterocycles. The van der Waals surface area contributed by atoms with E-state index in [-0.39, 0.29) is 12.3 Å². The lowest BCUT2D eigenvalue weighted by atomic mass is 10.2. The van der Waals surface area contributed by atoms with E-state index in [1.54, 1.807) is 29.6 Å². The zero-order valence-corrected chi connectivity index (χ0v) is 17.9. The first-order valence-corrected chi connectivity index (χ1v) is 10.3. The fourth-order valence-corrected chi connectivity index (χ4v) is 3.51. The number of amides is 3. The molecule has 6 nitrogen and oxygen atoms in total. The number of rotatable bonds is 5. The number of aromatic nitrogens is 1. The molecule has 0 bridgehead atoms. The molecule has 144 valence electrons. The molecular weight excluding hydrogens is 464 g/mol. The second kappa shape index (κ2) is 9.18. The summed E-state index contributed by atoms with van der Waals surface area (Å²) in [6.45, 7) is 1.95. The minimum absolute atomic E-state index is 0.114. The van der Waals surface area contributed by atoms with Crippen LogP contribution < -0.4 is 16.0 Å². The molecular formula is C19H16BrClN4O2S. The van der Waals surface area contributed by atoms with Crippen molar-refractivity contribution in [2.24, 2.45) is 0 Å². The molecule has 0 fully saturated rings. The first kappa shape index (κ1) is 20.3. The number of hydrogen-bond acceptors (Lipinski definition) is 4. The highest BCUT2D eigenvalue weighted by Gasteiger charge is 2.11. The number of hydrogen-bond donors (Lipinski definition) is 3. The summed E-state index contributed by atoms with van der Waals surface area (Å²) in [5.41, 5.74) is 2.91. The minimum Gasteiger partial charge on any atom is -0.326 e. The lowest BCUT2D eigenvalue weighted by molar-refractivity contribution is -0.115. The Bertz CT molecular complexity index is 1020. The normalized spacial score (nSPS) is 10.4. The summed E-state index contributed by atoms with van der Waals surface area (Å²) >= 11 is 10.6. The van der Waals surface area contributed by atoms with Crippen LogP contribution in [0, 0.1) is 6.92 Å². The van der Waals surface area contributed by atoms with E-state index < -0.39 is 6.03 Å². The molecule has 3 rings (SSSR count). The van der Waals surface area contributed by atoms with E-state index in [4.69, 9.17) is 11.6 Å². The zero-order chi connectivity index (χ0) is 20.1. The van der Waals surface area contributed by atoms with Crippen LogP contribution in [0.3, 0.4) is 0 Å². The molecule has 3 amide bonds. The third kappa shape index (κ3) is 5.79. The van der Waals surface area contributed by atoms with E-state index in [1.165, 1.54) is 11.3 Å². The fourth-order valence-electron chi connectivity index (χ4n) is 2.36. The molecule has 0 aliphatic heterocycles. The van der Waals surface area contributed by atoms with Gasteiger partial charge in [-0.3, -0.25) is 10.1 Å². The van der Waals surface area contributed by atoms with Crippen LogP contribution in [0.1, 0.15) is 11.3 Å². The topological polar surface area (TPSA) is 83.1 Å². The second-order valence-electron chi connectivity index (χ2n) is 5.92. The highest BCUT2D eigenvalue weighted by Crippen LogP contribution is 2.21. The average molecular weight is 480 g/mol. The maximum atomic E-state index is 12.2. The molecule has 2 aromatic carbocycles. The SMILES string of the molecule is Cc1cc(NC(=O)Cc2csc(NC(=O)Nc3cccc(Cl)c3)n2)ccc1Br. The molecule has 3 aromatic rings. The molecule has 0 aliphatic carbocycles. The Morgan fingerprint density at radius 1 is 1.11 bits per heavy atom. The number of aryl methyl sites for hydroxylation is 1. The van der Waals surface area contributed by atoms with Gasteiger partial charge in [0.1, 0.15) is 0 Å². The largest absolute Gasteiger partial charge is 0.326 e. The Hall–Kier alpha value is -2.42. The molecule has 9 heteroatoms. The van der Waals surface area contributed by atoms with Crippen molar-refractivity contribution in [3.8, 4) is 0 Å². The number of carbonyl (C=O) groups is 2. The van der Waals surface area contributed by atoms with Gasteiger partial charge in [-0.1, -0.05) is 33.6 Å². The van der Waals surface area contributed by atoms with Crippen molar-refractivity contribution in [1.29, 1.82) is 0 Å². The summed E-state index contributed by atoms with van der Waals surface area (Å²) in [5.74, 6) is -0.179. The molecule has 3 N–H and O–H groups in total. The van der Waals surface area contributed by atoms with Gasteiger partial charge < -0.3 is 10.6 Å². The molecule has 28 heavy (non-hydrogen) atoms. The lowest BCUT2D eigenvalue weighted by Gasteiger charge is -2.06. The van der Waals surface area contributed by atoms with Crippen molar-refractivity contribution in [3.63, 3.8) is 0 Å². The van der Waals surface area contributed by atoms with Crippen LogP contribution in [0.15, 0.2) is 52.3 Å². The van der Waals surface area contributed by atoms with E-state index in [1.807, 2.05) is 25.1 Å². The number of benzene rings is 2. The highest BCUT2D eigenvalue weighted by molar-refractivity contribution is 9.10. The van der Waals surface area contributed by atoms with Gasteiger partial charge >= 0.3 is 6.03 Å². The first-order valence-electron chi connectivity index (χ1n) is 8.23. The molecule has 1 heterocycles. The van der Waals surface area contributed by atoms with Gasteiger partial charge in [-0.15, -0.1) is 11.3 Å². The van der Waals surface area contributed by atoms with Crippen molar-refractivity contribution in [1.82, 2.24) is 4.98 Å². The number of halogens is 2. The van der Waals surface area contributed by atoms with E-state index in [0.29, 0.717) is 21.5 Å². The van der Waals surface area contributed by atoms with Gasteiger partial charge in [-0.25, -0.2) is 9.78 Å². The number of nitrogens with one attached hydrogen (secondary N) is 3. The molecule has 0 unspecified atom stereocenters. The van der Waals surface area contributed by atoms with Crippen molar-refractivity contribution in [3.05, 3.63) is 68.6 Å². The quantitative estimate of drug-likeness (QED) is 0.439. The third-order valence-electron chi connectivity index (χ3n) is 3.64. The van der Waals surface area contributed by atoms with Gasteiger partial charge in [0.25, 0.3) is 0 Å². The standard InChI is InChI=1S/C19H16BrClN4O2S/c1-11-7-14(5-6-16(11)20)22-17(26)9-15-10-28-19(24-15)25-18(27)23-13-4-2-3-12(21)8-13/h2-8,10H,9H2,1H3,(H,22,26)(H2,23,24,25,27). The summed E-state index contributed by atoms with van der Waals surface area (Å²) in [6, 6.07) is 12.0. The number of carbonyl (C=O) groups excluding carboxylic acids is 2. The molecule has 0 radical (unpaired) electrons. The second-order valence-corrected chi connectivity index (χ2v) is 8.07. The van der Waals surface area contributed by atoms with Gasteiger partial charge in [-0.2, -0.15) is 0 Å². The minimum atomic E-state index is -0.432. The monoisotopic (exact) mass is 478 g/mol. The Labute approximate surface area is 179 Å². The Morgan fingerprint density at radius 2 is 1.89 bits per heavy atom. The maximum absolute atomic E-state index is 12.2. The van der Waals surface area contributed by atoms with Gasteiger partial charge in [0, 0.05) is 26.3 Å². The molecule has 0 aliphatic rings. The summed E-state index contributed by atoms with van der Waals surface area (Å²) < 4.78 is 0.983. The van der Waals surface area contributed by atoms with Gasteiger partial charge in [-0.05, 0) is 48.9 Å².